The lowest BCUT2D eigenvalue weighted by Crippen LogP contribution is -2.27. The molecule has 1 fully saturated rings. The fraction of sp³-hybridized carbons (Fsp3) is 0.100. The first-order valence-electron chi connectivity index (χ1n) is 7.98. The standard InChI is InChI=1S/C20H16N2O2S/c23-19-14-25-20(15-5-4-12-21-13-15)22(19)16-8-10-18(11-9-16)24-17-6-2-1-3-7-17/h1-13,20H,14H2/t20-/m1/s1. The minimum absolute atomic E-state index is 0.0397. The molecule has 1 aliphatic rings. The van der Waals surface area contributed by atoms with Crippen molar-refractivity contribution in [2.24, 2.45) is 0 Å². The Labute approximate surface area is 150 Å². The van der Waals surface area contributed by atoms with Crippen LogP contribution in [0.15, 0.2) is 79.1 Å². The van der Waals surface area contributed by atoms with Crippen molar-refractivity contribution in [2.75, 3.05) is 10.7 Å². The number of nitrogens with zero attached hydrogens (tertiary/aromatic N) is 2. The lowest BCUT2D eigenvalue weighted by molar-refractivity contribution is -0.115. The summed E-state index contributed by atoms with van der Waals surface area (Å²) in [5.41, 5.74) is 1.90. The molecular weight excluding hydrogens is 332 g/mol. The number of amides is 1. The van der Waals surface area contributed by atoms with Crippen LogP contribution in [0.3, 0.4) is 0 Å². The molecule has 0 aliphatic carbocycles. The number of thioether (sulfide) groups is 1. The van der Waals surface area contributed by atoms with Crippen molar-refractivity contribution < 1.29 is 9.53 Å². The Morgan fingerprint density at radius 1 is 0.960 bits per heavy atom. The van der Waals surface area contributed by atoms with E-state index in [4.69, 9.17) is 4.74 Å². The number of para-hydroxylation sites is 1. The second kappa shape index (κ2) is 6.99. The Bertz CT molecular complexity index is 854. The number of carbonyl (C=O) groups is 1. The minimum Gasteiger partial charge on any atom is -0.457 e. The van der Waals surface area contributed by atoms with Crippen molar-refractivity contribution in [3.63, 3.8) is 0 Å². The van der Waals surface area contributed by atoms with E-state index in [2.05, 4.69) is 4.98 Å². The molecule has 124 valence electrons. The number of ether oxygens (including phenoxy) is 1. The SMILES string of the molecule is O=C1CS[C@H](c2cccnc2)N1c1ccc(Oc2ccccc2)cc1. The number of anilines is 1. The molecule has 0 saturated carbocycles. The molecule has 1 saturated heterocycles. The van der Waals surface area contributed by atoms with E-state index in [1.807, 2.05) is 77.8 Å². The number of aromatic nitrogens is 1. The van der Waals surface area contributed by atoms with Crippen LogP contribution in [0.4, 0.5) is 5.69 Å². The Kier molecular flexibility index (Phi) is 4.39. The van der Waals surface area contributed by atoms with E-state index in [-0.39, 0.29) is 11.3 Å². The highest BCUT2D eigenvalue weighted by Crippen LogP contribution is 2.41. The summed E-state index contributed by atoms with van der Waals surface area (Å²) in [5, 5.41) is -0.0397. The van der Waals surface area contributed by atoms with Gasteiger partial charge >= 0.3 is 0 Å². The molecule has 3 aromatic rings. The van der Waals surface area contributed by atoms with Crippen LogP contribution in [0, 0.1) is 0 Å². The van der Waals surface area contributed by atoms with Crippen LogP contribution in [-0.4, -0.2) is 16.6 Å². The van der Waals surface area contributed by atoms with Crippen LogP contribution in [-0.2, 0) is 4.79 Å². The maximum Gasteiger partial charge on any atom is 0.238 e. The summed E-state index contributed by atoms with van der Waals surface area (Å²) < 4.78 is 5.82. The number of rotatable bonds is 4. The fourth-order valence-electron chi connectivity index (χ4n) is 2.77. The molecule has 0 N–H and O–H groups in total. The van der Waals surface area contributed by atoms with E-state index < -0.39 is 0 Å². The van der Waals surface area contributed by atoms with Gasteiger partial charge < -0.3 is 4.74 Å². The largest absolute Gasteiger partial charge is 0.457 e. The number of hydrogen-bond acceptors (Lipinski definition) is 4. The Hall–Kier alpha value is -2.79. The second-order valence-corrected chi connectivity index (χ2v) is 6.69. The van der Waals surface area contributed by atoms with E-state index in [0.29, 0.717) is 5.75 Å². The summed E-state index contributed by atoms with van der Waals surface area (Å²) in [4.78, 5) is 18.4. The molecule has 0 unspecified atom stereocenters. The zero-order valence-electron chi connectivity index (χ0n) is 13.4. The Morgan fingerprint density at radius 2 is 1.72 bits per heavy atom. The average molecular weight is 348 g/mol. The van der Waals surface area contributed by atoms with Crippen molar-refractivity contribution in [3.05, 3.63) is 84.7 Å². The van der Waals surface area contributed by atoms with Crippen molar-refractivity contribution in [3.8, 4) is 11.5 Å². The molecule has 0 spiro atoms. The van der Waals surface area contributed by atoms with Crippen LogP contribution < -0.4 is 9.64 Å². The van der Waals surface area contributed by atoms with Gasteiger partial charge in [0.25, 0.3) is 0 Å². The van der Waals surface area contributed by atoms with Crippen molar-refractivity contribution >= 4 is 23.4 Å². The third-order valence-electron chi connectivity index (χ3n) is 3.93. The zero-order chi connectivity index (χ0) is 17.1. The minimum atomic E-state index is -0.0397. The van der Waals surface area contributed by atoms with Gasteiger partial charge in [-0.25, -0.2) is 0 Å². The van der Waals surface area contributed by atoms with Gasteiger partial charge in [-0.3, -0.25) is 14.7 Å². The van der Waals surface area contributed by atoms with E-state index in [9.17, 15) is 4.79 Å². The molecule has 1 atom stereocenters. The summed E-state index contributed by atoms with van der Waals surface area (Å²) in [6, 6.07) is 21.2. The number of hydrogen-bond donors (Lipinski definition) is 0. The maximum atomic E-state index is 12.4. The van der Waals surface area contributed by atoms with Crippen LogP contribution in [0.1, 0.15) is 10.9 Å². The second-order valence-electron chi connectivity index (χ2n) is 5.62. The third kappa shape index (κ3) is 3.37. The van der Waals surface area contributed by atoms with E-state index in [1.165, 1.54) is 0 Å². The fourth-order valence-corrected chi connectivity index (χ4v) is 3.93. The summed E-state index contributed by atoms with van der Waals surface area (Å²) in [6.07, 6.45) is 3.56. The average Bonchev–Trinajstić information content (AvgIpc) is 3.05. The quantitative estimate of drug-likeness (QED) is 0.688. The molecule has 2 heterocycles. The summed E-state index contributed by atoms with van der Waals surface area (Å²) in [7, 11) is 0. The van der Waals surface area contributed by atoms with E-state index in [0.717, 1.165) is 22.7 Å². The molecule has 1 amide bonds. The third-order valence-corrected chi connectivity index (χ3v) is 5.14. The highest BCUT2D eigenvalue weighted by Gasteiger charge is 2.34. The van der Waals surface area contributed by atoms with Crippen LogP contribution in [0.5, 0.6) is 11.5 Å². The Balaban J connectivity index is 1.57. The van der Waals surface area contributed by atoms with Gasteiger partial charge in [-0.1, -0.05) is 24.3 Å². The molecule has 2 aromatic carbocycles. The molecule has 0 bridgehead atoms. The highest BCUT2D eigenvalue weighted by atomic mass is 32.2. The topological polar surface area (TPSA) is 42.4 Å². The lowest BCUT2D eigenvalue weighted by Gasteiger charge is -2.24. The molecular formula is C20H16N2O2S. The first-order chi connectivity index (χ1) is 12.3. The van der Waals surface area contributed by atoms with Gasteiger partial charge in [0.2, 0.25) is 5.91 Å². The number of pyridine rings is 1. The smallest absolute Gasteiger partial charge is 0.238 e. The summed E-state index contributed by atoms with van der Waals surface area (Å²) >= 11 is 1.62. The van der Waals surface area contributed by atoms with Crippen molar-refractivity contribution in [1.29, 1.82) is 0 Å². The summed E-state index contributed by atoms with van der Waals surface area (Å²) in [6.45, 7) is 0. The molecule has 4 rings (SSSR count). The van der Waals surface area contributed by atoms with Gasteiger partial charge in [0.1, 0.15) is 16.9 Å². The maximum absolute atomic E-state index is 12.4. The first kappa shape index (κ1) is 15.7. The van der Waals surface area contributed by atoms with E-state index in [1.54, 1.807) is 18.0 Å². The number of benzene rings is 2. The van der Waals surface area contributed by atoms with Gasteiger partial charge in [0, 0.05) is 23.6 Å². The highest BCUT2D eigenvalue weighted by molar-refractivity contribution is 8.00. The molecule has 4 nitrogen and oxygen atoms in total. The first-order valence-corrected chi connectivity index (χ1v) is 9.03. The van der Waals surface area contributed by atoms with E-state index >= 15 is 0 Å². The predicted molar refractivity (Wildman–Crippen MR) is 99.9 cm³/mol. The van der Waals surface area contributed by atoms with Gasteiger partial charge in [-0.15, -0.1) is 11.8 Å². The van der Waals surface area contributed by atoms with Gasteiger partial charge in [-0.05, 0) is 42.5 Å². The van der Waals surface area contributed by atoms with Crippen LogP contribution >= 0.6 is 11.8 Å². The monoisotopic (exact) mass is 348 g/mol. The zero-order valence-corrected chi connectivity index (χ0v) is 14.2. The van der Waals surface area contributed by atoms with Crippen molar-refractivity contribution in [2.45, 2.75) is 5.37 Å². The molecule has 25 heavy (non-hydrogen) atoms. The molecule has 5 heteroatoms. The van der Waals surface area contributed by atoms with Gasteiger partial charge in [-0.2, -0.15) is 0 Å². The lowest BCUT2D eigenvalue weighted by atomic mass is 10.2. The summed E-state index contributed by atoms with van der Waals surface area (Å²) in [5.74, 6) is 2.11. The van der Waals surface area contributed by atoms with Crippen molar-refractivity contribution in [1.82, 2.24) is 4.98 Å². The predicted octanol–water partition coefficient (Wildman–Crippen LogP) is 4.65. The van der Waals surface area contributed by atoms with Crippen LogP contribution in [0.2, 0.25) is 0 Å². The molecule has 1 aliphatic heterocycles. The molecule has 1 aromatic heterocycles. The molecule has 0 radical (unpaired) electrons. The van der Waals surface area contributed by atoms with Crippen LogP contribution in [0.25, 0.3) is 0 Å². The Morgan fingerprint density at radius 3 is 2.44 bits per heavy atom. The normalized spacial score (nSPS) is 16.9. The number of carbonyl (C=O) groups excluding carboxylic acids is 1. The van der Waals surface area contributed by atoms with Gasteiger partial charge in [0.15, 0.2) is 0 Å². The van der Waals surface area contributed by atoms with Gasteiger partial charge in [0.05, 0.1) is 5.75 Å².